The number of amides is 1. The lowest BCUT2D eigenvalue weighted by Gasteiger charge is -2.16. The average Bonchev–Trinajstić information content (AvgIpc) is 3.10. The number of carbonyl (C=O) groups excluding carboxylic acids is 1. The molecule has 0 aliphatic rings. The average molecular weight is 521 g/mol. The van der Waals surface area contributed by atoms with E-state index in [0.717, 1.165) is 5.56 Å². The van der Waals surface area contributed by atoms with E-state index in [2.05, 4.69) is 10.6 Å². The molecule has 0 saturated heterocycles. The number of sulfone groups is 1. The van der Waals surface area contributed by atoms with Gasteiger partial charge in [0, 0.05) is 7.05 Å². The molecule has 0 fully saturated rings. The first kappa shape index (κ1) is 25.8. The monoisotopic (exact) mass is 520 g/mol. The van der Waals surface area contributed by atoms with Gasteiger partial charge in [-0.1, -0.05) is 42.0 Å². The number of aryl methyl sites for hydroxylation is 1. The highest BCUT2D eigenvalue weighted by Crippen LogP contribution is 2.35. The van der Waals surface area contributed by atoms with Gasteiger partial charge < -0.3 is 15.4 Å². The summed E-state index contributed by atoms with van der Waals surface area (Å²) in [4.78, 5) is 26.0. The first-order valence-electron chi connectivity index (χ1n) is 11.5. The van der Waals surface area contributed by atoms with E-state index in [4.69, 9.17) is 4.74 Å². The normalized spacial score (nSPS) is 11.2. The van der Waals surface area contributed by atoms with Crippen molar-refractivity contribution in [2.45, 2.75) is 23.6 Å². The van der Waals surface area contributed by atoms with Crippen LogP contribution in [0.5, 0.6) is 5.75 Å². The number of benzene rings is 3. The third-order valence-electron chi connectivity index (χ3n) is 6.06. The van der Waals surface area contributed by atoms with Crippen LogP contribution in [0.4, 0.5) is 11.4 Å². The van der Waals surface area contributed by atoms with Crippen LogP contribution in [0.1, 0.15) is 11.3 Å². The lowest BCUT2D eigenvalue weighted by molar-refractivity contribution is -0.114. The molecule has 0 bridgehead atoms. The van der Waals surface area contributed by atoms with Crippen LogP contribution in [0.3, 0.4) is 0 Å². The molecule has 10 heteroatoms. The van der Waals surface area contributed by atoms with Gasteiger partial charge in [0.05, 0.1) is 35.6 Å². The molecule has 4 rings (SSSR count). The van der Waals surface area contributed by atoms with Crippen LogP contribution in [0.25, 0.3) is 5.69 Å². The van der Waals surface area contributed by atoms with Gasteiger partial charge in [-0.3, -0.25) is 14.3 Å². The molecule has 1 amide bonds. The van der Waals surface area contributed by atoms with Gasteiger partial charge in [0.25, 0.3) is 5.56 Å². The van der Waals surface area contributed by atoms with Crippen molar-refractivity contribution >= 4 is 27.1 Å². The Morgan fingerprint density at radius 1 is 0.946 bits per heavy atom. The van der Waals surface area contributed by atoms with Crippen LogP contribution in [-0.4, -0.2) is 37.3 Å². The van der Waals surface area contributed by atoms with Crippen LogP contribution in [0.2, 0.25) is 0 Å². The Hall–Kier alpha value is -4.31. The number of rotatable bonds is 8. The Morgan fingerprint density at radius 2 is 1.62 bits per heavy atom. The smallest absolute Gasteiger partial charge is 0.295 e. The van der Waals surface area contributed by atoms with Gasteiger partial charge in [0.2, 0.25) is 15.7 Å². The van der Waals surface area contributed by atoms with Gasteiger partial charge >= 0.3 is 0 Å². The molecule has 37 heavy (non-hydrogen) atoms. The number of methoxy groups -OCH3 is 1. The summed E-state index contributed by atoms with van der Waals surface area (Å²) in [6, 6.07) is 20.3. The molecular weight excluding hydrogens is 492 g/mol. The van der Waals surface area contributed by atoms with Gasteiger partial charge in [0.15, 0.2) is 0 Å². The number of aromatic nitrogens is 2. The van der Waals surface area contributed by atoms with Gasteiger partial charge in [-0.05, 0) is 50.2 Å². The molecule has 9 nitrogen and oxygen atoms in total. The molecule has 3 aromatic carbocycles. The lowest BCUT2D eigenvalue weighted by Crippen LogP contribution is -2.27. The van der Waals surface area contributed by atoms with Crippen molar-refractivity contribution in [3.8, 4) is 11.4 Å². The SMILES string of the molecule is COc1cccc(NCC(=O)Nc2c(C)n(C)n(-c3ccccc3)c2=O)c1S(=O)(=O)c1ccc(C)cc1. The van der Waals surface area contributed by atoms with E-state index in [1.54, 1.807) is 61.1 Å². The Bertz CT molecular complexity index is 1610. The van der Waals surface area contributed by atoms with Crippen molar-refractivity contribution in [1.82, 2.24) is 9.36 Å². The second-order valence-corrected chi connectivity index (χ2v) is 10.4. The molecule has 4 aromatic rings. The zero-order valence-corrected chi connectivity index (χ0v) is 21.8. The highest BCUT2D eigenvalue weighted by Gasteiger charge is 2.26. The van der Waals surface area contributed by atoms with E-state index in [9.17, 15) is 18.0 Å². The number of anilines is 2. The molecule has 1 aromatic heterocycles. The fourth-order valence-electron chi connectivity index (χ4n) is 4.00. The van der Waals surface area contributed by atoms with Crippen LogP contribution < -0.4 is 20.9 Å². The van der Waals surface area contributed by atoms with Crippen molar-refractivity contribution in [3.63, 3.8) is 0 Å². The highest BCUT2D eigenvalue weighted by atomic mass is 32.2. The number of para-hydroxylation sites is 1. The second-order valence-electron chi connectivity index (χ2n) is 8.49. The van der Waals surface area contributed by atoms with Crippen LogP contribution >= 0.6 is 0 Å². The third-order valence-corrected chi connectivity index (χ3v) is 7.91. The van der Waals surface area contributed by atoms with Gasteiger partial charge in [0.1, 0.15) is 16.3 Å². The number of carbonyl (C=O) groups is 1. The number of nitrogens with zero attached hydrogens (tertiary/aromatic N) is 2. The first-order chi connectivity index (χ1) is 17.6. The van der Waals surface area contributed by atoms with Crippen LogP contribution in [-0.2, 0) is 21.7 Å². The number of hydrogen-bond acceptors (Lipinski definition) is 6. The summed E-state index contributed by atoms with van der Waals surface area (Å²) in [6.07, 6.45) is 0. The summed E-state index contributed by atoms with van der Waals surface area (Å²) in [7, 11) is -0.841. The predicted molar refractivity (Wildman–Crippen MR) is 142 cm³/mol. The molecule has 0 aliphatic carbocycles. The summed E-state index contributed by atoms with van der Waals surface area (Å²) >= 11 is 0. The Kier molecular flexibility index (Phi) is 7.21. The van der Waals surface area contributed by atoms with Crippen LogP contribution in [0.15, 0.2) is 87.4 Å². The minimum absolute atomic E-state index is 0.0727. The molecular formula is C27H28N4O5S. The van der Waals surface area contributed by atoms with E-state index in [0.29, 0.717) is 11.4 Å². The maximum absolute atomic E-state index is 13.5. The lowest BCUT2D eigenvalue weighted by atomic mass is 10.2. The van der Waals surface area contributed by atoms with Crippen LogP contribution in [0, 0.1) is 13.8 Å². The molecule has 1 heterocycles. The Morgan fingerprint density at radius 3 is 2.27 bits per heavy atom. The summed E-state index contributed by atoms with van der Waals surface area (Å²) in [5.41, 5.74) is 2.16. The molecule has 0 unspecified atom stereocenters. The molecule has 0 saturated carbocycles. The van der Waals surface area contributed by atoms with E-state index in [-0.39, 0.29) is 39.0 Å². The van der Waals surface area contributed by atoms with E-state index in [1.165, 1.54) is 23.9 Å². The number of nitrogens with one attached hydrogen (secondary N) is 2. The largest absolute Gasteiger partial charge is 0.495 e. The fraction of sp³-hybridized carbons (Fsp3) is 0.185. The summed E-state index contributed by atoms with van der Waals surface area (Å²) in [6.45, 7) is 3.33. The maximum Gasteiger partial charge on any atom is 0.295 e. The Labute approximate surface area is 215 Å². The molecule has 2 N–H and O–H groups in total. The minimum Gasteiger partial charge on any atom is -0.495 e. The molecule has 0 atom stereocenters. The minimum atomic E-state index is -3.96. The molecule has 0 radical (unpaired) electrons. The molecule has 0 spiro atoms. The van der Waals surface area contributed by atoms with E-state index >= 15 is 0 Å². The summed E-state index contributed by atoms with van der Waals surface area (Å²) in [5.74, 6) is -0.358. The first-order valence-corrected chi connectivity index (χ1v) is 13.0. The maximum atomic E-state index is 13.5. The highest BCUT2D eigenvalue weighted by molar-refractivity contribution is 7.91. The second kappa shape index (κ2) is 10.4. The number of ether oxygens (including phenoxy) is 1. The molecule has 0 aliphatic heterocycles. The van der Waals surface area contributed by atoms with Gasteiger partial charge in [-0.15, -0.1) is 0 Å². The Balaban J connectivity index is 1.60. The standard InChI is InChI=1S/C27H28N4O5S/c1-18-13-15-21(16-14-18)37(34,35)26-22(11-8-12-23(26)36-4)28-17-24(32)29-25-19(2)30(3)31(27(25)33)20-9-6-5-7-10-20/h5-16,28H,17H2,1-4H3,(H,29,32). The van der Waals surface area contributed by atoms with Gasteiger partial charge in [-0.2, -0.15) is 0 Å². The number of hydrogen-bond donors (Lipinski definition) is 2. The van der Waals surface area contributed by atoms with Crippen molar-refractivity contribution in [2.24, 2.45) is 7.05 Å². The van der Waals surface area contributed by atoms with Crippen molar-refractivity contribution in [2.75, 3.05) is 24.3 Å². The van der Waals surface area contributed by atoms with E-state index < -0.39 is 15.7 Å². The predicted octanol–water partition coefficient (Wildman–Crippen LogP) is 3.68. The zero-order valence-electron chi connectivity index (χ0n) is 21.0. The van der Waals surface area contributed by atoms with Gasteiger partial charge in [-0.25, -0.2) is 13.1 Å². The van der Waals surface area contributed by atoms with E-state index in [1.807, 2.05) is 25.1 Å². The summed E-state index contributed by atoms with van der Waals surface area (Å²) < 4.78 is 35.4. The fourth-order valence-corrected chi connectivity index (χ4v) is 5.58. The topological polar surface area (TPSA) is 111 Å². The molecule has 192 valence electrons. The third kappa shape index (κ3) is 5.01. The van der Waals surface area contributed by atoms with Crippen molar-refractivity contribution in [1.29, 1.82) is 0 Å². The van der Waals surface area contributed by atoms with Crippen molar-refractivity contribution in [3.05, 3.63) is 94.4 Å². The summed E-state index contributed by atoms with van der Waals surface area (Å²) in [5, 5.41) is 5.57. The quantitative estimate of drug-likeness (QED) is 0.367. The van der Waals surface area contributed by atoms with Crippen molar-refractivity contribution < 1.29 is 17.9 Å². The zero-order chi connectivity index (χ0) is 26.7.